The van der Waals surface area contributed by atoms with Gasteiger partial charge in [-0.15, -0.1) is 0 Å². The third-order valence-electron chi connectivity index (χ3n) is 4.10. The Morgan fingerprint density at radius 2 is 1.12 bits per heavy atom. The zero-order valence-electron chi connectivity index (χ0n) is 11.8. The Kier molecular flexibility index (Phi) is 7.87. The summed E-state index contributed by atoms with van der Waals surface area (Å²) in [6.07, 6.45) is 14.6. The number of hydrogen-bond donors (Lipinski definition) is 1. The monoisotopic (exact) mass is 241 g/mol. The number of nitrogens with zero attached hydrogens (tertiary/aromatic N) is 1. The van der Waals surface area contributed by atoms with Gasteiger partial charge in [-0.05, 0) is 32.9 Å². The summed E-state index contributed by atoms with van der Waals surface area (Å²) in [6, 6.07) is 0. The van der Waals surface area contributed by atoms with Crippen molar-refractivity contribution < 1.29 is 5.11 Å². The standard InChI is InChI=1S/C15H31NO/c1-16(2)15(17)14-12-10-8-6-4-3-5-7-9-11-13-14/h14-15,17H,3-13H2,1-2H3. The van der Waals surface area contributed by atoms with Crippen LogP contribution in [0.1, 0.15) is 70.6 Å². The SMILES string of the molecule is CN(C)C(O)C1CCCCCCCCCCC1. The summed E-state index contributed by atoms with van der Waals surface area (Å²) in [5.41, 5.74) is 0. The van der Waals surface area contributed by atoms with E-state index >= 15 is 0 Å². The Balaban J connectivity index is 2.37. The van der Waals surface area contributed by atoms with Crippen LogP contribution in [0.5, 0.6) is 0 Å². The molecule has 1 saturated carbocycles. The van der Waals surface area contributed by atoms with Gasteiger partial charge in [0, 0.05) is 0 Å². The van der Waals surface area contributed by atoms with Gasteiger partial charge in [-0.2, -0.15) is 0 Å². The van der Waals surface area contributed by atoms with E-state index in [-0.39, 0.29) is 6.23 Å². The van der Waals surface area contributed by atoms with Crippen molar-refractivity contribution in [1.82, 2.24) is 4.90 Å². The quantitative estimate of drug-likeness (QED) is 0.744. The first-order valence-corrected chi connectivity index (χ1v) is 7.56. The van der Waals surface area contributed by atoms with Gasteiger partial charge < -0.3 is 5.11 Å². The fraction of sp³-hybridized carbons (Fsp3) is 1.00. The van der Waals surface area contributed by atoms with Crippen molar-refractivity contribution >= 4 is 0 Å². The third-order valence-corrected chi connectivity index (χ3v) is 4.10. The molecule has 0 amide bonds. The maximum atomic E-state index is 10.2. The maximum absolute atomic E-state index is 10.2. The highest BCUT2D eigenvalue weighted by atomic mass is 16.3. The van der Waals surface area contributed by atoms with Crippen LogP contribution in [0.3, 0.4) is 0 Å². The molecular weight excluding hydrogens is 210 g/mol. The summed E-state index contributed by atoms with van der Waals surface area (Å²) >= 11 is 0. The molecule has 0 aromatic heterocycles. The predicted molar refractivity (Wildman–Crippen MR) is 74.0 cm³/mol. The molecule has 0 radical (unpaired) electrons. The Bertz CT molecular complexity index is 170. The van der Waals surface area contributed by atoms with Crippen molar-refractivity contribution in [3.8, 4) is 0 Å². The van der Waals surface area contributed by atoms with Gasteiger partial charge in [0.25, 0.3) is 0 Å². The minimum atomic E-state index is -0.238. The summed E-state index contributed by atoms with van der Waals surface area (Å²) in [5, 5.41) is 10.2. The van der Waals surface area contributed by atoms with E-state index in [2.05, 4.69) is 0 Å². The molecule has 2 heteroatoms. The van der Waals surface area contributed by atoms with Gasteiger partial charge in [0.05, 0.1) is 0 Å². The molecule has 0 aromatic rings. The lowest BCUT2D eigenvalue weighted by Gasteiger charge is -2.28. The molecule has 1 fully saturated rings. The smallest absolute Gasteiger partial charge is 0.109 e. The van der Waals surface area contributed by atoms with Gasteiger partial charge in [-0.1, -0.05) is 57.8 Å². The Hall–Kier alpha value is -0.0800. The number of hydrogen-bond acceptors (Lipinski definition) is 2. The summed E-state index contributed by atoms with van der Waals surface area (Å²) < 4.78 is 0. The van der Waals surface area contributed by atoms with Crippen molar-refractivity contribution in [3.63, 3.8) is 0 Å². The lowest BCUT2D eigenvalue weighted by molar-refractivity contribution is -0.0177. The second-order valence-electron chi connectivity index (χ2n) is 5.90. The molecule has 1 rings (SSSR count). The lowest BCUT2D eigenvalue weighted by atomic mass is 9.91. The summed E-state index contributed by atoms with van der Waals surface area (Å²) in [7, 11) is 3.97. The summed E-state index contributed by atoms with van der Waals surface area (Å²) in [5.74, 6) is 0.490. The van der Waals surface area contributed by atoms with Gasteiger partial charge in [0.15, 0.2) is 0 Å². The Morgan fingerprint density at radius 3 is 1.47 bits per heavy atom. The van der Waals surface area contributed by atoms with E-state index in [4.69, 9.17) is 0 Å². The molecule has 0 heterocycles. The molecule has 1 N–H and O–H groups in total. The van der Waals surface area contributed by atoms with E-state index in [9.17, 15) is 5.11 Å². The topological polar surface area (TPSA) is 23.5 Å². The summed E-state index contributed by atoms with van der Waals surface area (Å²) in [4.78, 5) is 1.97. The molecular formula is C15H31NO. The zero-order valence-corrected chi connectivity index (χ0v) is 11.8. The van der Waals surface area contributed by atoms with E-state index in [0.29, 0.717) is 5.92 Å². The van der Waals surface area contributed by atoms with E-state index < -0.39 is 0 Å². The van der Waals surface area contributed by atoms with Gasteiger partial charge in [-0.3, -0.25) is 4.90 Å². The molecule has 17 heavy (non-hydrogen) atoms. The fourth-order valence-corrected chi connectivity index (χ4v) is 2.91. The molecule has 0 aliphatic heterocycles. The van der Waals surface area contributed by atoms with Crippen LogP contribution in [0, 0.1) is 5.92 Å². The molecule has 0 spiro atoms. The first-order chi connectivity index (χ1) is 8.22. The number of rotatable bonds is 2. The third kappa shape index (κ3) is 6.42. The van der Waals surface area contributed by atoms with Crippen molar-refractivity contribution in [2.24, 2.45) is 5.92 Å². The molecule has 1 aliphatic rings. The van der Waals surface area contributed by atoms with Gasteiger partial charge in [0.2, 0.25) is 0 Å². The van der Waals surface area contributed by atoms with E-state index in [1.54, 1.807) is 0 Å². The van der Waals surface area contributed by atoms with Crippen molar-refractivity contribution in [2.75, 3.05) is 14.1 Å². The van der Waals surface area contributed by atoms with Gasteiger partial charge in [0.1, 0.15) is 6.23 Å². The highest BCUT2D eigenvalue weighted by Crippen LogP contribution is 2.24. The van der Waals surface area contributed by atoms with Crippen LogP contribution in [0.4, 0.5) is 0 Å². The molecule has 1 atom stereocenters. The van der Waals surface area contributed by atoms with Crippen LogP contribution in [0.25, 0.3) is 0 Å². The van der Waals surface area contributed by atoms with Crippen LogP contribution in [-0.2, 0) is 0 Å². The number of aliphatic hydroxyl groups is 1. The molecule has 0 aromatic carbocycles. The molecule has 0 saturated heterocycles. The van der Waals surface area contributed by atoms with Gasteiger partial charge in [-0.25, -0.2) is 0 Å². The average Bonchev–Trinajstić information content (AvgIpc) is 2.29. The molecule has 102 valence electrons. The minimum Gasteiger partial charge on any atom is -0.378 e. The first kappa shape index (κ1) is 15.0. The highest BCUT2D eigenvalue weighted by Gasteiger charge is 2.20. The maximum Gasteiger partial charge on any atom is 0.109 e. The van der Waals surface area contributed by atoms with Crippen LogP contribution < -0.4 is 0 Å². The van der Waals surface area contributed by atoms with Crippen LogP contribution in [0.2, 0.25) is 0 Å². The summed E-state index contributed by atoms with van der Waals surface area (Å²) in [6.45, 7) is 0. The van der Waals surface area contributed by atoms with Gasteiger partial charge >= 0.3 is 0 Å². The predicted octanol–water partition coefficient (Wildman–Crippen LogP) is 3.79. The van der Waals surface area contributed by atoms with E-state index in [0.717, 1.165) is 0 Å². The van der Waals surface area contributed by atoms with Crippen LogP contribution in [-0.4, -0.2) is 30.3 Å². The second-order valence-corrected chi connectivity index (χ2v) is 5.90. The normalized spacial score (nSPS) is 24.0. The lowest BCUT2D eigenvalue weighted by Crippen LogP contribution is -2.35. The second kappa shape index (κ2) is 8.93. The molecule has 0 bridgehead atoms. The fourth-order valence-electron chi connectivity index (χ4n) is 2.91. The van der Waals surface area contributed by atoms with Crippen LogP contribution in [0.15, 0.2) is 0 Å². The van der Waals surface area contributed by atoms with Crippen molar-refractivity contribution in [1.29, 1.82) is 0 Å². The molecule has 1 aliphatic carbocycles. The minimum absolute atomic E-state index is 0.238. The first-order valence-electron chi connectivity index (χ1n) is 7.56. The highest BCUT2D eigenvalue weighted by molar-refractivity contribution is 4.68. The van der Waals surface area contributed by atoms with E-state index in [1.807, 2.05) is 19.0 Å². The van der Waals surface area contributed by atoms with E-state index in [1.165, 1.54) is 70.6 Å². The average molecular weight is 241 g/mol. The number of aliphatic hydroxyl groups excluding tert-OH is 1. The molecule has 1 unspecified atom stereocenters. The largest absolute Gasteiger partial charge is 0.378 e. The Labute approximate surface area is 107 Å². The zero-order chi connectivity index (χ0) is 12.5. The van der Waals surface area contributed by atoms with Crippen molar-refractivity contribution in [2.45, 2.75) is 76.9 Å². The van der Waals surface area contributed by atoms with Crippen LogP contribution >= 0.6 is 0 Å². The molecule has 2 nitrogen and oxygen atoms in total. The van der Waals surface area contributed by atoms with Crippen molar-refractivity contribution in [3.05, 3.63) is 0 Å². The Morgan fingerprint density at radius 1 is 0.765 bits per heavy atom.